The van der Waals surface area contributed by atoms with Crippen molar-refractivity contribution in [3.05, 3.63) is 47.1 Å². The van der Waals surface area contributed by atoms with Crippen molar-refractivity contribution in [1.29, 1.82) is 0 Å². The minimum Gasteiger partial charge on any atom is -0.475 e. The zero-order chi connectivity index (χ0) is 23.1. The molecule has 0 atom stereocenters. The second-order valence-corrected chi connectivity index (χ2v) is 6.01. The van der Waals surface area contributed by atoms with E-state index in [4.69, 9.17) is 19.8 Å². The number of aromatic amines is 1. The lowest BCUT2D eigenvalue weighted by molar-refractivity contribution is -0.193. The molecule has 0 fully saturated rings. The topological polar surface area (TPSA) is 133 Å². The molecule has 3 rings (SSSR count). The number of carboxylic acids is 2. The molecule has 0 aromatic carbocycles. The van der Waals surface area contributed by atoms with E-state index in [0.29, 0.717) is 5.39 Å². The summed E-state index contributed by atoms with van der Waals surface area (Å²) < 4.78 is 64.4. The fraction of sp³-hybridized carbons (Fsp3) is 0.133. The first kappa shape index (κ1) is 24.5. The van der Waals surface area contributed by atoms with Gasteiger partial charge in [0.1, 0.15) is 0 Å². The van der Waals surface area contributed by atoms with Gasteiger partial charge in [0.15, 0.2) is 0 Å². The van der Waals surface area contributed by atoms with Gasteiger partial charge in [0.05, 0.1) is 16.3 Å². The van der Waals surface area contributed by atoms with E-state index in [9.17, 15) is 31.1 Å². The second kappa shape index (κ2) is 9.82. The Hall–Kier alpha value is -3.49. The zero-order valence-electron chi connectivity index (χ0n) is 14.2. The summed E-state index contributed by atoms with van der Waals surface area (Å²) in [6.07, 6.45) is -5.02. The Kier molecular flexibility index (Phi) is 8.03. The van der Waals surface area contributed by atoms with Crippen molar-refractivity contribution in [1.82, 2.24) is 15.2 Å². The quantitative estimate of drug-likeness (QED) is 0.478. The summed E-state index contributed by atoms with van der Waals surface area (Å²) in [7, 11) is 0. The third-order valence-corrected chi connectivity index (χ3v) is 3.92. The van der Waals surface area contributed by atoms with Crippen LogP contribution in [0.3, 0.4) is 0 Å². The summed E-state index contributed by atoms with van der Waals surface area (Å²) in [5.41, 5.74) is 0.921. The summed E-state index contributed by atoms with van der Waals surface area (Å²) in [5.74, 6) is -5.51. The number of carboxylic acid groups (broad SMARTS) is 2. The fourth-order valence-corrected chi connectivity index (χ4v) is 2.58. The maximum absolute atomic E-state index is 11.5. The molecule has 162 valence electrons. The summed E-state index contributed by atoms with van der Waals surface area (Å²) >= 11 is 1.55. The van der Waals surface area contributed by atoms with Gasteiger partial charge in [-0.3, -0.25) is 9.78 Å². The predicted molar refractivity (Wildman–Crippen MR) is 90.9 cm³/mol. The molecule has 0 saturated carbocycles. The standard InChI is InChI=1S/C11H7N3OS.2C2HF3O2/c15-11-8-5-9(7-1-3-12-4-2-7)16-10(8)6-13-14-11;2*3-2(4,5)1(6)7/h1-6H,(H,14,15);2*(H,6,7). The van der Waals surface area contributed by atoms with Crippen LogP contribution in [0.5, 0.6) is 0 Å². The molecule has 3 N–H and O–H groups in total. The molecule has 15 heteroatoms. The molecule has 0 amide bonds. The van der Waals surface area contributed by atoms with Crippen molar-refractivity contribution in [3.63, 3.8) is 0 Å². The molecule has 0 aliphatic carbocycles. The number of aliphatic carboxylic acids is 2. The molecule has 0 aliphatic heterocycles. The Labute approximate surface area is 165 Å². The Balaban J connectivity index is 0.000000271. The number of hydrogen-bond donors (Lipinski definition) is 3. The van der Waals surface area contributed by atoms with Crippen molar-refractivity contribution in [2.45, 2.75) is 12.4 Å². The van der Waals surface area contributed by atoms with Gasteiger partial charge < -0.3 is 10.2 Å². The van der Waals surface area contributed by atoms with Crippen LogP contribution in [0.4, 0.5) is 26.3 Å². The van der Waals surface area contributed by atoms with Crippen LogP contribution in [0.15, 0.2) is 41.6 Å². The van der Waals surface area contributed by atoms with Gasteiger partial charge in [-0.15, -0.1) is 11.3 Å². The van der Waals surface area contributed by atoms with E-state index in [-0.39, 0.29) is 5.56 Å². The van der Waals surface area contributed by atoms with Crippen LogP contribution in [0.2, 0.25) is 0 Å². The highest BCUT2D eigenvalue weighted by atomic mass is 32.1. The number of aromatic nitrogens is 3. The number of hydrogen-bond acceptors (Lipinski definition) is 6. The van der Waals surface area contributed by atoms with Gasteiger partial charge in [0.25, 0.3) is 5.56 Å². The number of nitrogens with zero attached hydrogens (tertiary/aromatic N) is 2. The highest BCUT2D eigenvalue weighted by Gasteiger charge is 2.38. The van der Waals surface area contributed by atoms with Crippen molar-refractivity contribution in [2.24, 2.45) is 0 Å². The van der Waals surface area contributed by atoms with E-state index in [2.05, 4.69) is 15.2 Å². The second-order valence-electron chi connectivity index (χ2n) is 4.93. The van der Waals surface area contributed by atoms with Crippen LogP contribution in [0, 0.1) is 0 Å². The van der Waals surface area contributed by atoms with Gasteiger partial charge in [-0.2, -0.15) is 31.4 Å². The SMILES string of the molecule is O=C(O)C(F)(F)F.O=C(O)C(F)(F)F.O=c1[nH]ncc2sc(-c3ccncc3)cc12. The number of H-pyrrole nitrogens is 1. The molecule has 0 saturated heterocycles. The van der Waals surface area contributed by atoms with Crippen LogP contribution in [-0.4, -0.2) is 49.7 Å². The van der Waals surface area contributed by atoms with Gasteiger partial charge in [0, 0.05) is 17.3 Å². The predicted octanol–water partition coefficient (Wildman–Crippen LogP) is 3.31. The Morgan fingerprint density at radius 1 is 0.967 bits per heavy atom. The largest absolute Gasteiger partial charge is 0.490 e. The third-order valence-electron chi connectivity index (χ3n) is 2.80. The number of thiophene rings is 1. The number of halogens is 6. The maximum Gasteiger partial charge on any atom is 0.490 e. The number of fused-ring (bicyclic) bond motifs is 1. The van der Waals surface area contributed by atoms with Crippen LogP contribution < -0.4 is 5.56 Å². The third kappa shape index (κ3) is 7.50. The highest BCUT2D eigenvalue weighted by Crippen LogP contribution is 2.30. The monoisotopic (exact) mass is 457 g/mol. The van der Waals surface area contributed by atoms with E-state index in [1.807, 2.05) is 18.2 Å². The molecular formula is C15H9F6N3O5S. The molecule has 3 heterocycles. The lowest BCUT2D eigenvalue weighted by atomic mass is 10.2. The first-order valence-electron chi connectivity index (χ1n) is 7.21. The number of alkyl halides is 6. The normalized spacial score (nSPS) is 11.0. The first-order chi connectivity index (χ1) is 13.7. The van der Waals surface area contributed by atoms with E-state index in [0.717, 1.165) is 15.1 Å². The van der Waals surface area contributed by atoms with Gasteiger partial charge in [0.2, 0.25) is 0 Å². The molecule has 3 aromatic rings. The summed E-state index contributed by atoms with van der Waals surface area (Å²) in [6.45, 7) is 0. The lowest BCUT2D eigenvalue weighted by Crippen LogP contribution is -2.21. The van der Waals surface area contributed by atoms with Gasteiger partial charge >= 0.3 is 24.3 Å². The van der Waals surface area contributed by atoms with E-state index in [1.165, 1.54) is 0 Å². The molecule has 30 heavy (non-hydrogen) atoms. The van der Waals surface area contributed by atoms with Gasteiger partial charge in [-0.05, 0) is 23.8 Å². The van der Waals surface area contributed by atoms with Crippen molar-refractivity contribution in [2.75, 3.05) is 0 Å². The molecule has 0 spiro atoms. The number of carbonyl (C=O) groups is 2. The van der Waals surface area contributed by atoms with Crippen molar-refractivity contribution >= 4 is 33.4 Å². The zero-order valence-corrected chi connectivity index (χ0v) is 15.0. The van der Waals surface area contributed by atoms with Crippen LogP contribution in [0.25, 0.3) is 20.5 Å². The van der Waals surface area contributed by atoms with Crippen LogP contribution in [-0.2, 0) is 9.59 Å². The number of nitrogens with one attached hydrogen (secondary N) is 1. The highest BCUT2D eigenvalue weighted by molar-refractivity contribution is 7.22. The van der Waals surface area contributed by atoms with Crippen LogP contribution >= 0.6 is 11.3 Å². The molecule has 0 bridgehead atoms. The molecular weight excluding hydrogens is 448 g/mol. The summed E-state index contributed by atoms with van der Waals surface area (Å²) in [5, 5.41) is 21.1. The minimum atomic E-state index is -5.08. The smallest absolute Gasteiger partial charge is 0.475 e. The fourth-order valence-electron chi connectivity index (χ4n) is 1.55. The molecule has 8 nitrogen and oxygen atoms in total. The van der Waals surface area contributed by atoms with Crippen molar-refractivity contribution in [3.8, 4) is 10.4 Å². The number of pyridine rings is 1. The van der Waals surface area contributed by atoms with E-state index >= 15 is 0 Å². The van der Waals surface area contributed by atoms with E-state index < -0.39 is 24.3 Å². The molecule has 0 radical (unpaired) electrons. The van der Waals surface area contributed by atoms with Crippen LogP contribution in [0.1, 0.15) is 0 Å². The molecule has 3 aromatic heterocycles. The average molecular weight is 457 g/mol. The minimum absolute atomic E-state index is 0.144. The number of rotatable bonds is 1. The average Bonchev–Trinajstić information content (AvgIpc) is 3.08. The lowest BCUT2D eigenvalue weighted by Gasteiger charge is -1.93. The van der Waals surface area contributed by atoms with Gasteiger partial charge in [-0.25, -0.2) is 14.7 Å². The molecule has 0 aliphatic rings. The Morgan fingerprint density at radius 2 is 1.43 bits per heavy atom. The Bertz CT molecular complexity index is 1040. The molecule has 0 unspecified atom stereocenters. The summed E-state index contributed by atoms with van der Waals surface area (Å²) in [4.78, 5) is 34.3. The summed E-state index contributed by atoms with van der Waals surface area (Å²) in [6, 6.07) is 5.73. The Morgan fingerprint density at radius 3 is 1.83 bits per heavy atom. The maximum atomic E-state index is 11.5. The van der Waals surface area contributed by atoms with E-state index in [1.54, 1.807) is 29.9 Å². The van der Waals surface area contributed by atoms with Gasteiger partial charge in [-0.1, -0.05) is 0 Å². The van der Waals surface area contributed by atoms with Crippen molar-refractivity contribution < 1.29 is 46.1 Å². The first-order valence-corrected chi connectivity index (χ1v) is 8.03.